The van der Waals surface area contributed by atoms with E-state index in [2.05, 4.69) is 56.2 Å². The van der Waals surface area contributed by atoms with Crippen LogP contribution in [0, 0.1) is 6.92 Å². The number of aromatic amines is 1. The third-order valence-electron chi connectivity index (χ3n) is 3.71. The van der Waals surface area contributed by atoms with Gasteiger partial charge in [-0.05, 0) is 57.5 Å². The Morgan fingerprint density at radius 1 is 1.29 bits per heavy atom. The van der Waals surface area contributed by atoms with Gasteiger partial charge in [0, 0.05) is 22.1 Å². The van der Waals surface area contributed by atoms with E-state index in [1.54, 1.807) is 0 Å². The molecular weight excluding hydrogens is 208 g/mol. The van der Waals surface area contributed by atoms with Gasteiger partial charge in [0.05, 0.1) is 0 Å². The molecule has 1 aromatic heterocycles. The molecule has 0 aliphatic carbocycles. The number of benzene rings is 1. The summed E-state index contributed by atoms with van der Waals surface area (Å²) >= 11 is 0. The summed E-state index contributed by atoms with van der Waals surface area (Å²) in [7, 11) is 2.02. The van der Waals surface area contributed by atoms with Crippen molar-refractivity contribution < 1.29 is 0 Å². The van der Waals surface area contributed by atoms with Gasteiger partial charge in [0.25, 0.3) is 0 Å². The molecule has 2 nitrogen and oxygen atoms in total. The molecule has 92 valence electrons. The van der Waals surface area contributed by atoms with Gasteiger partial charge >= 0.3 is 0 Å². The summed E-state index contributed by atoms with van der Waals surface area (Å²) in [6, 6.07) is 6.71. The summed E-state index contributed by atoms with van der Waals surface area (Å²) in [6.45, 7) is 8.80. The average Bonchev–Trinajstić information content (AvgIpc) is 2.64. The number of H-pyrrole nitrogens is 1. The van der Waals surface area contributed by atoms with Crippen LogP contribution in [0.4, 0.5) is 0 Å². The van der Waals surface area contributed by atoms with E-state index in [-0.39, 0.29) is 5.54 Å². The van der Waals surface area contributed by atoms with Crippen LogP contribution in [0.3, 0.4) is 0 Å². The molecule has 0 radical (unpaired) electrons. The van der Waals surface area contributed by atoms with Crippen LogP contribution in [0.5, 0.6) is 0 Å². The van der Waals surface area contributed by atoms with Crippen LogP contribution in [0.1, 0.15) is 37.6 Å². The van der Waals surface area contributed by atoms with Gasteiger partial charge in [-0.15, -0.1) is 0 Å². The third kappa shape index (κ3) is 1.98. The molecule has 0 bridgehead atoms. The monoisotopic (exact) mass is 230 g/mol. The maximum atomic E-state index is 3.48. The lowest BCUT2D eigenvalue weighted by atomic mass is 9.91. The zero-order valence-electron chi connectivity index (χ0n) is 11.4. The number of hydrogen-bond donors (Lipinski definition) is 2. The molecular formula is C15H22N2. The third-order valence-corrected chi connectivity index (χ3v) is 3.71. The molecule has 2 rings (SSSR count). The quantitative estimate of drug-likeness (QED) is 0.830. The molecule has 0 fully saturated rings. The molecule has 0 saturated heterocycles. The molecule has 2 N–H and O–H groups in total. The van der Waals surface area contributed by atoms with Gasteiger partial charge in [0.2, 0.25) is 0 Å². The van der Waals surface area contributed by atoms with E-state index in [4.69, 9.17) is 0 Å². The summed E-state index contributed by atoms with van der Waals surface area (Å²) in [5, 5.41) is 4.74. The van der Waals surface area contributed by atoms with E-state index in [0.29, 0.717) is 0 Å². The minimum absolute atomic E-state index is 0.00526. The molecule has 1 aromatic carbocycles. The van der Waals surface area contributed by atoms with E-state index in [1.807, 2.05) is 7.05 Å². The van der Waals surface area contributed by atoms with Crippen molar-refractivity contribution in [1.29, 1.82) is 0 Å². The first-order valence-electron chi connectivity index (χ1n) is 6.30. The highest BCUT2D eigenvalue weighted by Gasteiger charge is 2.24. The number of rotatable bonds is 3. The van der Waals surface area contributed by atoms with Crippen LogP contribution in [0.15, 0.2) is 18.2 Å². The lowest BCUT2D eigenvalue weighted by Crippen LogP contribution is -2.33. The lowest BCUT2D eigenvalue weighted by molar-refractivity contribution is 0.446. The second kappa shape index (κ2) is 4.19. The van der Waals surface area contributed by atoms with E-state index in [0.717, 1.165) is 6.42 Å². The van der Waals surface area contributed by atoms with Crippen LogP contribution < -0.4 is 5.32 Å². The molecule has 0 saturated carbocycles. The van der Waals surface area contributed by atoms with Gasteiger partial charge < -0.3 is 10.3 Å². The first-order chi connectivity index (χ1) is 7.99. The highest BCUT2D eigenvalue weighted by Crippen LogP contribution is 2.32. The zero-order chi connectivity index (χ0) is 12.6. The van der Waals surface area contributed by atoms with E-state index in [9.17, 15) is 0 Å². The first-order valence-corrected chi connectivity index (χ1v) is 6.30. The Labute approximate surface area is 103 Å². The van der Waals surface area contributed by atoms with Gasteiger partial charge in [-0.2, -0.15) is 0 Å². The van der Waals surface area contributed by atoms with Gasteiger partial charge in [-0.25, -0.2) is 0 Å². The first kappa shape index (κ1) is 12.2. The fourth-order valence-electron chi connectivity index (χ4n) is 2.52. The summed E-state index contributed by atoms with van der Waals surface area (Å²) < 4.78 is 0. The second-order valence-electron chi connectivity index (χ2n) is 5.23. The molecule has 0 aliphatic rings. The minimum Gasteiger partial charge on any atom is -0.358 e. The largest absolute Gasteiger partial charge is 0.358 e. The topological polar surface area (TPSA) is 27.8 Å². The molecule has 17 heavy (non-hydrogen) atoms. The number of nitrogens with one attached hydrogen (secondary N) is 2. The van der Waals surface area contributed by atoms with E-state index in [1.165, 1.54) is 27.7 Å². The molecule has 1 heterocycles. The summed E-state index contributed by atoms with van der Waals surface area (Å²) in [4.78, 5) is 3.48. The van der Waals surface area contributed by atoms with Crippen LogP contribution in [-0.2, 0) is 12.0 Å². The Hall–Kier alpha value is -1.28. The predicted octanol–water partition coefficient (Wildman–Crippen LogP) is 3.49. The normalized spacial score (nSPS) is 12.3. The number of hydrogen-bond acceptors (Lipinski definition) is 1. The van der Waals surface area contributed by atoms with Crippen LogP contribution in [-0.4, -0.2) is 12.0 Å². The molecule has 0 aliphatic heterocycles. The van der Waals surface area contributed by atoms with Crippen molar-refractivity contribution in [2.24, 2.45) is 0 Å². The smallest absolute Gasteiger partial charge is 0.0459 e. The van der Waals surface area contributed by atoms with Crippen molar-refractivity contribution in [2.75, 3.05) is 7.05 Å². The molecule has 2 heteroatoms. The van der Waals surface area contributed by atoms with Gasteiger partial charge in [-0.3, -0.25) is 0 Å². The molecule has 0 amide bonds. The van der Waals surface area contributed by atoms with Crippen molar-refractivity contribution in [2.45, 2.75) is 39.7 Å². The zero-order valence-corrected chi connectivity index (χ0v) is 11.4. The fourth-order valence-corrected chi connectivity index (χ4v) is 2.52. The standard InChI is InChI=1S/C15H22N2/c1-6-11-7-8-13-12(9-11)14(10(2)17-13)15(3,4)16-5/h7-9,16-17H,6H2,1-5H3. The van der Waals surface area contributed by atoms with Crippen molar-refractivity contribution in [1.82, 2.24) is 10.3 Å². The van der Waals surface area contributed by atoms with Crippen LogP contribution in [0.2, 0.25) is 0 Å². The number of fused-ring (bicyclic) bond motifs is 1. The SMILES string of the molecule is CCc1ccc2[nH]c(C)c(C(C)(C)NC)c2c1. The maximum absolute atomic E-state index is 3.48. The van der Waals surface area contributed by atoms with Gasteiger partial charge in [0.15, 0.2) is 0 Å². The Morgan fingerprint density at radius 3 is 2.59 bits per heavy atom. The Kier molecular flexibility index (Phi) is 3.00. The minimum atomic E-state index is -0.00526. The Bertz CT molecular complexity index is 535. The van der Waals surface area contributed by atoms with Gasteiger partial charge in [0.1, 0.15) is 0 Å². The molecule has 0 spiro atoms. The van der Waals surface area contributed by atoms with Crippen molar-refractivity contribution in [3.63, 3.8) is 0 Å². The Morgan fingerprint density at radius 2 is 2.00 bits per heavy atom. The second-order valence-corrected chi connectivity index (χ2v) is 5.23. The van der Waals surface area contributed by atoms with Crippen molar-refractivity contribution in [3.8, 4) is 0 Å². The fraction of sp³-hybridized carbons (Fsp3) is 0.467. The average molecular weight is 230 g/mol. The van der Waals surface area contributed by atoms with Crippen molar-refractivity contribution >= 4 is 10.9 Å². The summed E-state index contributed by atoms with van der Waals surface area (Å²) in [6.07, 6.45) is 1.08. The predicted molar refractivity (Wildman–Crippen MR) is 74.5 cm³/mol. The maximum Gasteiger partial charge on any atom is 0.0459 e. The highest BCUT2D eigenvalue weighted by atomic mass is 14.9. The number of aromatic nitrogens is 1. The lowest BCUT2D eigenvalue weighted by Gasteiger charge is -2.25. The summed E-state index contributed by atoms with van der Waals surface area (Å²) in [5.41, 5.74) is 5.26. The Balaban J connectivity index is 2.72. The van der Waals surface area contributed by atoms with E-state index >= 15 is 0 Å². The molecule has 2 aromatic rings. The van der Waals surface area contributed by atoms with Crippen LogP contribution in [0.25, 0.3) is 10.9 Å². The van der Waals surface area contributed by atoms with Crippen molar-refractivity contribution in [3.05, 3.63) is 35.0 Å². The molecule has 0 unspecified atom stereocenters. The van der Waals surface area contributed by atoms with Gasteiger partial charge in [-0.1, -0.05) is 13.0 Å². The molecule has 0 atom stereocenters. The number of aryl methyl sites for hydroxylation is 2. The van der Waals surface area contributed by atoms with E-state index < -0.39 is 0 Å². The summed E-state index contributed by atoms with van der Waals surface area (Å²) in [5.74, 6) is 0. The highest BCUT2D eigenvalue weighted by molar-refractivity contribution is 5.86. The van der Waals surface area contributed by atoms with Crippen LogP contribution >= 0.6 is 0 Å².